The Labute approximate surface area is 227 Å². The molecule has 10 heteroatoms. The fourth-order valence-corrected chi connectivity index (χ4v) is 8.69. The molecule has 0 unspecified atom stereocenters. The molecule has 3 aliphatic rings. The number of unbranched alkanes of at least 4 members (excludes halogenated alkanes) is 2. The number of rotatable bonds is 7. The van der Waals surface area contributed by atoms with Gasteiger partial charge in [0.05, 0.1) is 38.5 Å². The molecule has 3 heterocycles. The van der Waals surface area contributed by atoms with E-state index in [0.29, 0.717) is 22.6 Å². The van der Waals surface area contributed by atoms with Gasteiger partial charge in [-0.3, -0.25) is 0 Å². The summed E-state index contributed by atoms with van der Waals surface area (Å²) in [4.78, 5) is 20.5. The summed E-state index contributed by atoms with van der Waals surface area (Å²) in [5.41, 5.74) is 3.99. The lowest BCUT2D eigenvalue weighted by Crippen LogP contribution is -2.62. The minimum Gasteiger partial charge on any atom is -0.448 e. The highest BCUT2D eigenvalue weighted by Crippen LogP contribution is 2.36. The van der Waals surface area contributed by atoms with Gasteiger partial charge in [0.2, 0.25) is 0 Å². The van der Waals surface area contributed by atoms with Crippen LogP contribution in [0.1, 0.15) is 42.9 Å². The van der Waals surface area contributed by atoms with Crippen molar-refractivity contribution in [2.75, 3.05) is 42.6 Å². The minimum atomic E-state index is -2.73. The van der Waals surface area contributed by atoms with Crippen LogP contribution in [-0.2, 0) is 4.74 Å². The number of aliphatic imine (C=N–C) groups is 1. The lowest BCUT2D eigenvalue weighted by Gasteiger charge is -2.43. The van der Waals surface area contributed by atoms with Crippen molar-refractivity contribution in [2.24, 2.45) is 4.99 Å². The molecule has 0 N–H and O–H groups in total. The van der Waals surface area contributed by atoms with Crippen LogP contribution in [0.4, 0.5) is 33.7 Å². The zero-order valence-electron chi connectivity index (χ0n) is 22.5. The second-order valence-corrected chi connectivity index (χ2v) is 15.5. The first-order valence-electron chi connectivity index (χ1n) is 13.3. The third-order valence-electron chi connectivity index (χ3n) is 7.81. The van der Waals surface area contributed by atoms with E-state index >= 15 is 0 Å². The molecular weight excluding hydrogens is 526 g/mol. The topological polar surface area (TPSA) is 45.1 Å². The number of halogens is 4. The summed E-state index contributed by atoms with van der Waals surface area (Å²) in [6, 6.07) is 9.31. The van der Waals surface area contributed by atoms with Gasteiger partial charge >= 0.3 is 6.09 Å². The van der Waals surface area contributed by atoms with Crippen molar-refractivity contribution in [1.82, 2.24) is 0 Å². The maximum Gasteiger partial charge on any atom is 0.434 e. The molecule has 5 rings (SSSR count). The number of nitrogens with zero attached hydrogens (tertiary/aromatic N) is 3. The van der Waals surface area contributed by atoms with Crippen LogP contribution < -0.4 is 20.2 Å². The van der Waals surface area contributed by atoms with E-state index in [4.69, 9.17) is 4.74 Å². The number of amides is 1. The van der Waals surface area contributed by atoms with E-state index in [-0.39, 0.29) is 32.8 Å². The molecule has 208 valence electrons. The number of carbonyl (C=O) groups excluding carboxylic acids is 1. The van der Waals surface area contributed by atoms with Crippen molar-refractivity contribution < 1.29 is 27.1 Å². The first kappa shape index (κ1) is 27.4. The average molecular weight is 560 g/mol. The SMILES string of the molecule is C=Cc1cc(N2CC(F)(F)C2)cc2c1/C(=N/C(=O)OCCCCC)c1ccc(N3CC(F)(F)C3)cc1[Si]2(C)C. The van der Waals surface area contributed by atoms with E-state index in [9.17, 15) is 22.4 Å². The van der Waals surface area contributed by atoms with Crippen LogP contribution in [0.2, 0.25) is 13.1 Å². The number of alkyl halides is 4. The molecule has 0 saturated carbocycles. The van der Waals surface area contributed by atoms with Gasteiger partial charge in [0.15, 0.2) is 0 Å². The van der Waals surface area contributed by atoms with Crippen LogP contribution in [0.5, 0.6) is 0 Å². The Bertz CT molecular complexity index is 1340. The normalized spacial score (nSPS) is 20.9. The zero-order chi connectivity index (χ0) is 28.2. The van der Waals surface area contributed by atoms with Gasteiger partial charge in [-0.2, -0.15) is 4.99 Å². The molecular formula is C29H33F4N3O2Si. The number of anilines is 2. The van der Waals surface area contributed by atoms with Gasteiger partial charge in [-0.1, -0.05) is 51.6 Å². The van der Waals surface area contributed by atoms with Crippen LogP contribution in [0.25, 0.3) is 6.08 Å². The second-order valence-electron chi connectivity index (χ2n) is 11.2. The summed E-state index contributed by atoms with van der Waals surface area (Å²) < 4.78 is 60.2. The zero-order valence-corrected chi connectivity index (χ0v) is 23.5. The molecule has 2 aromatic carbocycles. The van der Waals surface area contributed by atoms with Crippen molar-refractivity contribution in [2.45, 2.75) is 51.1 Å². The first-order valence-corrected chi connectivity index (χ1v) is 16.3. The van der Waals surface area contributed by atoms with Crippen LogP contribution >= 0.6 is 0 Å². The Kier molecular flexibility index (Phi) is 6.89. The lowest BCUT2D eigenvalue weighted by molar-refractivity contribution is -0.0268. The van der Waals surface area contributed by atoms with Gasteiger partial charge in [0, 0.05) is 22.5 Å². The Balaban J connectivity index is 1.62. The third kappa shape index (κ3) is 5.10. The van der Waals surface area contributed by atoms with Gasteiger partial charge in [0.1, 0.15) is 8.07 Å². The van der Waals surface area contributed by atoms with Crippen molar-refractivity contribution >= 4 is 47.7 Å². The standard InChI is InChI=1S/C29H33F4N3O2Si/c1-5-7-8-11-38-27(37)34-26-22-10-9-20(35-15-28(30,31)16-35)13-23(22)39(3,4)24-14-21(12-19(6-2)25(24)26)36-17-29(32,33)18-36/h6,9-10,12-14H,2,5,7-8,11,15-18H2,1,3-4H3/b34-26+. The average Bonchev–Trinajstić information content (AvgIpc) is 2.85. The predicted molar refractivity (Wildman–Crippen MR) is 151 cm³/mol. The van der Waals surface area contributed by atoms with Crippen molar-refractivity contribution in [3.63, 3.8) is 0 Å². The highest BCUT2D eigenvalue weighted by Gasteiger charge is 2.47. The summed E-state index contributed by atoms with van der Waals surface area (Å²) in [6.07, 6.45) is 3.63. The molecule has 0 bridgehead atoms. The second kappa shape index (κ2) is 9.80. The summed E-state index contributed by atoms with van der Waals surface area (Å²) in [7, 11) is -2.52. The molecule has 0 aliphatic carbocycles. The Morgan fingerprint density at radius 1 is 1.00 bits per heavy atom. The lowest BCUT2D eigenvalue weighted by atomic mass is 9.94. The summed E-state index contributed by atoms with van der Waals surface area (Å²) in [5, 5.41) is 1.88. The van der Waals surface area contributed by atoms with E-state index in [1.807, 2.05) is 24.3 Å². The molecule has 39 heavy (non-hydrogen) atoms. The number of hydrogen-bond acceptors (Lipinski definition) is 4. The largest absolute Gasteiger partial charge is 0.448 e. The molecule has 0 spiro atoms. The smallest absolute Gasteiger partial charge is 0.434 e. The highest BCUT2D eigenvalue weighted by atomic mass is 28.3. The molecule has 0 atom stereocenters. The number of fused-ring (bicyclic) bond motifs is 2. The summed E-state index contributed by atoms with van der Waals surface area (Å²) in [6.45, 7) is 9.16. The van der Waals surface area contributed by atoms with E-state index in [0.717, 1.165) is 40.8 Å². The van der Waals surface area contributed by atoms with E-state index in [1.165, 1.54) is 0 Å². The number of hydrogen-bond donors (Lipinski definition) is 0. The van der Waals surface area contributed by atoms with Crippen molar-refractivity contribution in [3.8, 4) is 0 Å². The van der Waals surface area contributed by atoms with Crippen LogP contribution in [-0.4, -0.2) is 64.5 Å². The molecule has 2 fully saturated rings. The van der Waals surface area contributed by atoms with E-state index in [2.05, 4.69) is 31.6 Å². The fraction of sp³-hybridized carbons (Fsp3) is 0.448. The van der Waals surface area contributed by atoms with Crippen LogP contribution in [0.15, 0.2) is 41.9 Å². The minimum absolute atomic E-state index is 0.266. The Morgan fingerprint density at radius 3 is 2.21 bits per heavy atom. The molecule has 2 saturated heterocycles. The quantitative estimate of drug-likeness (QED) is 0.254. The van der Waals surface area contributed by atoms with E-state index < -0.39 is 26.0 Å². The number of ether oxygens (including phenoxy) is 1. The maximum absolute atomic E-state index is 13.7. The van der Waals surface area contributed by atoms with Gasteiger partial charge in [0.25, 0.3) is 11.8 Å². The fourth-order valence-electron chi connectivity index (χ4n) is 5.62. The molecule has 2 aromatic rings. The third-order valence-corrected chi connectivity index (χ3v) is 11.3. The highest BCUT2D eigenvalue weighted by molar-refractivity contribution is 7.02. The molecule has 3 aliphatic heterocycles. The van der Waals surface area contributed by atoms with Crippen LogP contribution in [0, 0.1) is 0 Å². The number of benzene rings is 2. The summed E-state index contributed by atoms with van der Waals surface area (Å²) >= 11 is 0. The van der Waals surface area contributed by atoms with Gasteiger partial charge in [-0.25, -0.2) is 22.4 Å². The number of carbonyl (C=O) groups is 1. The Morgan fingerprint density at radius 2 is 1.62 bits per heavy atom. The maximum atomic E-state index is 13.7. The first-order chi connectivity index (χ1) is 18.3. The molecule has 0 radical (unpaired) electrons. The predicted octanol–water partition coefficient (Wildman–Crippen LogP) is 5.54. The van der Waals surface area contributed by atoms with Crippen molar-refractivity contribution in [3.05, 3.63) is 53.6 Å². The van der Waals surface area contributed by atoms with E-state index in [1.54, 1.807) is 21.9 Å². The van der Waals surface area contributed by atoms with Gasteiger partial charge in [-0.15, -0.1) is 0 Å². The molecule has 5 nitrogen and oxygen atoms in total. The monoisotopic (exact) mass is 559 g/mol. The molecule has 1 amide bonds. The van der Waals surface area contributed by atoms with Crippen LogP contribution in [0.3, 0.4) is 0 Å². The Hall–Kier alpha value is -3.14. The van der Waals surface area contributed by atoms with Crippen molar-refractivity contribution in [1.29, 1.82) is 0 Å². The summed E-state index contributed by atoms with van der Waals surface area (Å²) in [5.74, 6) is -5.44. The van der Waals surface area contributed by atoms with Gasteiger partial charge in [-0.05, 0) is 46.6 Å². The molecule has 0 aromatic heterocycles. The van der Waals surface area contributed by atoms with Gasteiger partial charge < -0.3 is 14.5 Å².